The third-order valence-corrected chi connectivity index (χ3v) is 1.83. The lowest BCUT2D eigenvalue weighted by molar-refractivity contribution is -0.242. The predicted octanol–water partition coefficient (Wildman–Crippen LogP) is 2.75. The number of allylic oxidation sites excluding steroid dienone is 1. The molecule has 0 bridgehead atoms. The van der Waals surface area contributed by atoms with Gasteiger partial charge in [0.15, 0.2) is 0 Å². The quantitative estimate of drug-likeness (QED) is 0.429. The fraction of sp³-hybridized carbons (Fsp3) is 0.364. The molecule has 0 aliphatic carbocycles. The minimum absolute atomic E-state index is 0.414. The maximum absolute atomic E-state index is 8.07. The summed E-state index contributed by atoms with van der Waals surface area (Å²) in [6.45, 7) is 0.414. The zero-order valence-electron chi connectivity index (χ0n) is 8.10. The maximum atomic E-state index is 8.07. The number of pyridine rings is 1. The Hall–Kier alpha value is -1.19. The molecule has 1 heterocycles. The number of hydrogen-bond donors (Lipinski definition) is 1. The predicted molar refractivity (Wildman–Crippen MR) is 55.7 cm³/mol. The summed E-state index contributed by atoms with van der Waals surface area (Å²) in [7, 11) is 0. The molecule has 3 nitrogen and oxygen atoms in total. The van der Waals surface area contributed by atoms with E-state index in [-0.39, 0.29) is 0 Å². The number of aromatic nitrogens is 1. The average molecular weight is 193 g/mol. The van der Waals surface area contributed by atoms with Crippen molar-refractivity contribution >= 4 is 6.08 Å². The Balaban J connectivity index is 2.15. The molecular weight excluding hydrogens is 178 g/mol. The highest BCUT2D eigenvalue weighted by atomic mass is 17.1. The van der Waals surface area contributed by atoms with E-state index in [9.17, 15) is 0 Å². The second-order valence-corrected chi connectivity index (χ2v) is 2.99. The topological polar surface area (TPSA) is 42.4 Å². The summed E-state index contributed by atoms with van der Waals surface area (Å²) in [6, 6.07) is 5.83. The minimum atomic E-state index is 0.414. The highest BCUT2D eigenvalue weighted by Gasteiger charge is 1.86. The van der Waals surface area contributed by atoms with Gasteiger partial charge in [-0.1, -0.05) is 12.1 Å². The molecule has 1 rings (SSSR count). The van der Waals surface area contributed by atoms with Crippen LogP contribution in [0.2, 0.25) is 0 Å². The van der Waals surface area contributed by atoms with E-state index in [0.717, 1.165) is 25.0 Å². The molecule has 0 aliphatic rings. The lowest BCUT2D eigenvalue weighted by Crippen LogP contribution is -1.87. The Morgan fingerprint density at radius 3 is 3.00 bits per heavy atom. The van der Waals surface area contributed by atoms with E-state index in [0.29, 0.717) is 6.61 Å². The van der Waals surface area contributed by atoms with Gasteiger partial charge in [-0.05, 0) is 37.5 Å². The van der Waals surface area contributed by atoms with Crippen molar-refractivity contribution in [1.82, 2.24) is 4.98 Å². The molecule has 0 unspecified atom stereocenters. The first-order valence-electron chi connectivity index (χ1n) is 4.77. The first-order valence-corrected chi connectivity index (χ1v) is 4.77. The van der Waals surface area contributed by atoms with Crippen LogP contribution in [0.25, 0.3) is 6.08 Å². The fourth-order valence-corrected chi connectivity index (χ4v) is 1.11. The Kier molecular flexibility index (Phi) is 5.63. The Morgan fingerprint density at radius 1 is 1.36 bits per heavy atom. The van der Waals surface area contributed by atoms with Crippen molar-refractivity contribution in [2.75, 3.05) is 6.61 Å². The van der Waals surface area contributed by atoms with Crippen molar-refractivity contribution in [3.8, 4) is 0 Å². The van der Waals surface area contributed by atoms with Gasteiger partial charge < -0.3 is 0 Å². The average Bonchev–Trinajstić information content (AvgIpc) is 2.25. The van der Waals surface area contributed by atoms with Crippen LogP contribution in [0.1, 0.15) is 25.0 Å². The summed E-state index contributed by atoms with van der Waals surface area (Å²) in [4.78, 5) is 8.13. The maximum Gasteiger partial charge on any atom is 0.0819 e. The van der Waals surface area contributed by atoms with Gasteiger partial charge >= 0.3 is 0 Å². The van der Waals surface area contributed by atoms with Crippen LogP contribution in [0.4, 0.5) is 0 Å². The lowest BCUT2D eigenvalue weighted by Gasteiger charge is -1.94. The van der Waals surface area contributed by atoms with Gasteiger partial charge in [0.25, 0.3) is 0 Å². The number of unbranched alkanes of at least 4 members (excludes halogenated alkanes) is 2. The molecule has 0 radical (unpaired) electrons. The molecule has 0 fully saturated rings. The van der Waals surface area contributed by atoms with Crippen LogP contribution < -0.4 is 0 Å². The summed E-state index contributed by atoms with van der Waals surface area (Å²) in [5, 5.41) is 8.07. The monoisotopic (exact) mass is 193 g/mol. The standard InChI is InChI=1S/C11H15NO2/c13-14-10-6-2-1-3-7-11-8-4-5-9-12-11/h3-5,7-9,13H,1-2,6,10H2/b7-3+. The van der Waals surface area contributed by atoms with Crippen LogP contribution in [-0.4, -0.2) is 16.8 Å². The van der Waals surface area contributed by atoms with Crippen LogP contribution in [0.3, 0.4) is 0 Å². The molecule has 1 aromatic heterocycles. The SMILES string of the molecule is OOCCCC/C=C/c1ccccn1. The molecule has 0 atom stereocenters. The second-order valence-electron chi connectivity index (χ2n) is 2.99. The Morgan fingerprint density at radius 2 is 2.29 bits per heavy atom. The summed E-state index contributed by atoms with van der Waals surface area (Å²) >= 11 is 0. The van der Waals surface area contributed by atoms with Crippen LogP contribution in [0.5, 0.6) is 0 Å². The van der Waals surface area contributed by atoms with Crippen molar-refractivity contribution in [1.29, 1.82) is 0 Å². The van der Waals surface area contributed by atoms with Gasteiger partial charge in [0.05, 0.1) is 12.3 Å². The van der Waals surface area contributed by atoms with E-state index >= 15 is 0 Å². The molecular formula is C11H15NO2. The van der Waals surface area contributed by atoms with Crippen molar-refractivity contribution in [3.05, 3.63) is 36.2 Å². The minimum Gasteiger partial charge on any atom is -0.257 e. The third-order valence-electron chi connectivity index (χ3n) is 1.83. The summed E-state index contributed by atoms with van der Waals surface area (Å²) in [5.41, 5.74) is 0.978. The van der Waals surface area contributed by atoms with Crippen LogP contribution in [0.15, 0.2) is 30.5 Å². The Labute approximate surface area is 84.0 Å². The molecule has 1 N–H and O–H groups in total. The zero-order valence-corrected chi connectivity index (χ0v) is 8.10. The molecule has 14 heavy (non-hydrogen) atoms. The van der Waals surface area contributed by atoms with E-state index in [4.69, 9.17) is 5.26 Å². The van der Waals surface area contributed by atoms with Crippen LogP contribution >= 0.6 is 0 Å². The highest BCUT2D eigenvalue weighted by Crippen LogP contribution is 2.01. The van der Waals surface area contributed by atoms with Crippen molar-refractivity contribution in [2.45, 2.75) is 19.3 Å². The first kappa shape index (κ1) is 10.9. The van der Waals surface area contributed by atoms with Crippen molar-refractivity contribution in [2.24, 2.45) is 0 Å². The second kappa shape index (κ2) is 7.24. The van der Waals surface area contributed by atoms with Gasteiger partial charge in [0, 0.05) is 6.20 Å². The Bertz CT molecular complexity index is 259. The van der Waals surface area contributed by atoms with Gasteiger partial charge in [0.1, 0.15) is 0 Å². The smallest absolute Gasteiger partial charge is 0.0819 e. The van der Waals surface area contributed by atoms with Crippen LogP contribution in [-0.2, 0) is 4.89 Å². The van der Waals surface area contributed by atoms with Crippen molar-refractivity contribution in [3.63, 3.8) is 0 Å². The van der Waals surface area contributed by atoms with Crippen LogP contribution in [0, 0.1) is 0 Å². The number of rotatable bonds is 6. The largest absolute Gasteiger partial charge is 0.257 e. The molecule has 76 valence electrons. The van der Waals surface area contributed by atoms with Gasteiger partial charge in [0.2, 0.25) is 0 Å². The number of nitrogens with zero attached hydrogens (tertiary/aromatic N) is 1. The summed E-state index contributed by atoms with van der Waals surface area (Å²) in [6.07, 6.45) is 8.74. The van der Waals surface area contributed by atoms with E-state index in [1.165, 1.54) is 0 Å². The number of hydrogen-bond acceptors (Lipinski definition) is 3. The first-order chi connectivity index (χ1) is 6.93. The molecule has 0 aliphatic heterocycles. The highest BCUT2D eigenvalue weighted by molar-refractivity contribution is 5.43. The summed E-state index contributed by atoms with van der Waals surface area (Å²) in [5.74, 6) is 0. The normalized spacial score (nSPS) is 10.9. The van der Waals surface area contributed by atoms with E-state index in [1.807, 2.05) is 24.3 Å². The molecule has 3 heteroatoms. The van der Waals surface area contributed by atoms with Gasteiger partial charge in [-0.25, -0.2) is 4.89 Å². The van der Waals surface area contributed by atoms with E-state index in [1.54, 1.807) is 6.20 Å². The lowest BCUT2D eigenvalue weighted by atomic mass is 10.2. The van der Waals surface area contributed by atoms with Crippen molar-refractivity contribution < 1.29 is 10.1 Å². The van der Waals surface area contributed by atoms with E-state index < -0.39 is 0 Å². The van der Waals surface area contributed by atoms with E-state index in [2.05, 4.69) is 15.9 Å². The van der Waals surface area contributed by atoms with Gasteiger partial charge in [-0.2, -0.15) is 0 Å². The van der Waals surface area contributed by atoms with Gasteiger partial charge in [-0.15, -0.1) is 0 Å². The van der Waals surface area contributed by atoms with Gasteiger partial charge in [-0.3, -0.25) is 10.2 Å². The molecule has 0 amide bonds. The molecule has 0 spiro atoms. The summed E-state index contributed by atoms with van der Waals surface area (Å²) < 4.78 is 0. The molecule has 0 saturated carbocycles. The molecule has 0 saturated heterocycles. The third kappa shape index (κ3) is 4.74. The molecule has 1 aromatic rings. The zero-order chi connectivity index (χ0) is 10.1. The fourth-order valence-electron chi connectivity index (χ4n) is 1.11. The molecule has 0 aromatic carbocycles.